The summed E-state index contributed by atoms with van der Waals surface area (Å²) in [6.45, 7) is 2.68. The first-order chi connectivity index (χ1) is 8.04. The highest BCUT2D eigenvalue weighted by atomic mass is 19.4. The van der Waals surface area contributed by atoms with Crippen molar-refractivity contribution in [1.29, 1.82) is 0 Å². The summed E-state index contributed by atoms with van der Waals surface area (Å²) in [5.41, 5.74) is 0. The molecule has 0 radical (unpaired) electrons. The molecule has 0 aliphatic carbocycles. The van der Waals surface area contributed by atoms with E-state index in [2.05, 4.69) is 5.32 Å². The zero-order chi connectivity index (χ0) is 14.5. The predicted octanol–water partition coefficient (Wildman–Crippen LogP) is 1.69. The number of rotatable bonds is 5. The topological polar surface area (TPSA) is 69.6 Å². The summed E-state index contributed by atoms with van der Waals surface area (Å²) >= 11 is 0. The van der Waals surface area contributed by atoms with E-state index in [1.807, 2.05) is 0 Å². The van der Waals surface area contributed by atoms with Crippen molar-refractivity contribution in [1.82, 2.24) is 10.2 Å². The van der Waals surface area contributed by atoms with Crippen molar-refractivity contribution < 1.29 is 27.9 Å². The maximum atomic E-state index is 12.2. The number of urea groups is 1. The standard InChI is InChI=1S/C10H17F3N2O3/c1-6(2)15(5-10(11,12)13)9(18)14-4-7(3)8(16)17/h6-7H,4-5H2,1-3H3,(H,14,18)(H,16,17). The summed E-state index contributed by atoms with van der Waals surface area (Å²) in [5.74, 6) is -1.98. The highest BCUT2D eigenvalue weighted by Gasteiger charge is 2.34. The smallest absolute Gasteiger partial charge is 0.406 e. The Morgan fingerprint density at radius 3 is 2.11 bits per heavy atom. The van der Waals surface area contributed by atoms with Crippen LogP contribution in [0.5, 0.6) is 0 Å². The van der Waals surface area contributed by atoms with Crippen LogP contribution in [0.4, 0.5) is 18.0 Å². The number of halogens is 3. The zero-order valence-corrected chi connectivity index (χ0v) is 10.4. The predicted molar refractivity (Wildman–Crippen MR) is 58.1 cm³/mol. The average Bonchev–Trinajstić information content (AvgIpc) is 2.20. The van der Waals surface area contributed by atoms with Crippen molar-refractivity contribution in [3.8, 4) is 0 Å². The van der Waals surface area contributed by atoms with Gasteiger partial charge in [-0.1, -0.05) is 6.92 Å². The second-order valence-electron chi connectivity index (χ2n) is 4.26. The van der Waals surface area contributed by atoms with E-state index in [4.69, 9.17) is 5.11 Å². The third kappa shape index (κ3) is 6.31. The molecular weight excluding hydrogens is 253 g/mol. The van der Waals surface area contributed by atoms with Crippen LogP contribution in [0.3, 0.4) is 0 Å². The molecular formula is C10H17F3N2O3. The lowest BCUT2D eigenvalue weighted by atomic mass is 10.2. The lowest BCUT2D eigenvalue weighted by molar-refractivity contribution is -0.143. The second-order valence-corrected chi connectivity index (χ2v) is 4.26. The van der Waals surface area contributed by atoms with Gasteiger partial charge < -0.3 is 15.3 Å². The summed E-state index contributed by atoms with van der Waals surface area (Å²) in [4.78, 5) is 22.6. The van der Waals surface area contributed by atoms with Gasteiger partial charge in [0, 0.05) is 12.6 Å². The van der Waals surface area contributed by atoms with Gasteiger partial charge in [-0.3, -0.25) is 4.79 Å². The molecule has 0 saturated carbocycles. The quantitative estimate of drug-likeness (QED) is 0.798. The molecule has 0 rings (SSSR count). The molecule has 0 spiro atoms. The van der Waals surface area contributed by atoms with Crippen LogP contribution in [0.2, 0.25) is 0 Å². The van der Waals surface area contributed by atoms with E-state index in [0.29, 0.717) is 4.90 Å². The third-order valence-corrected chi connectivity index (χ3v) is 2.21. The van der Waals surface area contributed by atoms with Crippen LogP contribution in [0.25, 0.3) is 0 Å². The average molecular weight is 270 g/mol. The molecule has 0 heterocycles. The van der Waals surface area contributed by atoms with E-state index in [1.54, 1.807) is 0 Å². The minimum absolute atomic E-state index is 0.213. The Labute approximate surface area is 103 Å². The fourth-order valence-corrected chi connectivity index (χ4v) is 1.11. The van der Waals surface area contributed by atoms with Gasteiger partial charge in [0.1, 0.15) is 6.54 Å². The summed E-state index contributed by atoms with van der Waals surface area (Å²) in [7, 11) is 0. The highest BCUT2D eigenvalue weighted by Crippen LogP contribution is 2.18. The Morgan fingerprint density at radius 2 is 1.78 bits per heavy atom. The van der Waals surface area contributed by atoms with E-state index in [-0.39, 0.29) is 6.54 Å². The molecule has 5 nitrogen and oxygen atoms in total. The van der Waals surface area contributed by atoms with Crippen molar-refractivity contribution in [2.75, 3.05) is 13.1 Å². The minimum Gasteiger partial charge on any atom is -0.481 e. The normalized spacial score (nSPS) is 13.3. The van der Waals surface area contributed by atoms with E-state index < -0.39 is 36.7 Å². The first-order valence-electron chi connectivity index (χ1n) is 5.38. The van der Waals surface area contributed by atoms with Gasteiger partial charge in [0.15, 0.2) is 0 Å². The summed E-state index contributed by atoms with van der Waals surface area (Å²) < 4.78 is 36.7. The first kappa shape index (κ1) is 16.5. The molecule has 1 unspecified atom stereocenters. The third-order valence-electron chi connectivity index (χ3n) is 2.21. The number of aliphatic carboxylic acids is 1. The molecule has 106 valence electrons. The maximum Gasteiger partial charge on any atom is 0.406 e. The monoisotopic (exact) mass is 270 g/mol. The van der Waals surface area contributed by atoms with Crippen LogP contribution in [0.15, 0.2) is 0 Å². The van der Waals surface area contributed by atoms with Gasteiger partial charge >= 0.3 is 18.2 Å². The van der Waals surface area contributed by atoms with E-state index in [0.717, 1.165) is 0 Å². The van der Waals surface area contributed by atoms with Crippen molar-refractivity contribution in [3.05, 3.63) is 0 Å². The molecule has 0 aliphatic rings. The molecule has 8 heteroatoms. The van der Waals surface area contributed by atoms with Gasteiger partial charge in [-0.2, -0.15) is 13.2 Å². The number of nitrogens with zero attached hydrogens (tertiary/aromatic N) is 1. The van der Waals surface area contributed by atoms with Crippen LogP contribution in [-0.2, 0) is 4.79 Å². The minimum atomic E-state index is -4.49. The lowest BCUT2D eigenvalue weighted by Crippen LogP contribution is -2.49. The number of hydrogen-bond acceptors (Lipinski definition) is 2. The Balaban J connectivity index is 4.46. The molecule has 0 aliphatic heterocycles. The summed E-state index contributed by atoms with van der Waals surface area (Å²) in [6, 6.07) is -1.55. The molecule has 0 aromatic heterocycles. The molecule has 0 bridgehead atoms. The Bertz CT molecular complexity index is 305. The Hall–Kier alpha value is -1.47. The van der Waals surface area contributed by atoms with Crippen LogP contribution in [0.1, 0.15) is 20.8 Å². The van der Waals surface area contributed by atoms with Crippen molar-refractivity contribution in [2.45, 2.75) is 33.0 Å². The number of carbonyl (C=O) groups excluding carboxylic acids is 1. The fourth-order valence-electron chi connectivity index (χ4n) is 1.11. The fraction of sp³-hybridized carbons (Fsp3) is 0.800. The van der Waals surface area contributed by atoms with Crippen LogP contribution < -0.4 is 5.32 Å². The number of carboxylic acid groups (broad SMARTS) is 1. The molecule has 0 fully saturated rings. The van der Waals surface area contributed by atoms with Crippen molar-refractivity contribution >= 4 is 12.0 Å². The van der Waals surface area contributed by atoms with Gasteiger partial charge in [-0.15, -0.1) is 0 Å². The SMILES string of the molecule is CC(CNC(=O)N(CC(F)(F)F)C(C)C)C(=O)O. The van der Waals surface area contributed by atoms with Crippen LogP contribution in [0, 0.1) is 5.92 Å². The number of nitrogens with one attached hydrogen (secondary N) is 1. The van der Waals surface area contributed by atoms with Gasteiger partial charge in [-0.05, 0) is 13.8 Å². The largest absolute Gasteiger partial charge is 0.481 e. The number of alkyl halides is 3. The molecule has 0 aromatic rings. The molecule has 0 aromatic carbocycles. The maximum absolute atomic E-state index is 12.2. The molecule has 18 heavy (non-hydrogen) atoms. The van der Waals surface area contributed by atoms with Gasteiger partial charge in [0.05, 0.1) is 5.92 Å². The number of hydrogen-bond donors (Lipinski definition) is 2. The van der Waals surface area contributed by atoms with E-state index >= 15 is 0 Å². The van der Waals surface area contributed by atoms with E-state index in [1.165, 1.54) is 20.8 Å². The van der Waals surface area contributed by atoms with E-state index in [9.17, 15) is 22.8 Å². The second kappa shape index (κ2) is 6.46. The molecule has 2 amide bonds. The highest BCUT2D eigenvalue weighted by molar-refractivity contribution is 5.76. The molecule has 0 saturated heterocycles. The summed E-state index contributed by atoms with van der Waals surface area (Å²) in [5, 5.41) is 10.8. The van der Waals surface area contributed by atoms with Gasteiger partial charge in [0.25, 0.3) is 0 Å². The first-order valence-corrected chi connectivity index (χ1v) is 5.38. The molecule has 1 atom stereocenters. The van der Waals surface area contributed by atoms with Crippen LogP contribution >= 0.6 is 0 Å². The Kier molecular flexibility index (Phi) is 5.93. The number of carboxylic acids is 1. The number of carbonyl (C=O) groups is 2. The lowest BCUT2D eigenvalue weighted by Gasteiger charge is -2.28. The van der Waals surface area contributed by atoms with Gasteiger partial charge in [-0.25, -0.2) is 4.79 Å². The number of amides is 2. The van der Waals surface area contributed by atoms with Crippen molar-refractivity contribution in [3.63, 3.8) is 0 Å². The Morgan fingerprint density at radius 1 is 1.28 bits per heavy atom. The molecule has 2 N–H and O–H groups in total. The zero-order valence-electron chi connectivity index (χ0n) is 10.4. The van der Waals surface area contributed by atoms with Gasteiger partial charge in [0.2, 0.25) is 0 Å². The van der Waals surface area contributed by atoms with Crippen LogP contribution in [-0.4, -0.2) is 47.3 Å². The summed E-state index contributed by atoms with van der Waals surface area (Å²) in [6.07, 6.45) is -4.49. The van der Waals surface area contributed by atoms with Crippen molar-refractivity contribution in [2.24, 2.45) is 5.92 Å².